The van der Waals surface area contributed by atoms with Crippen LogP contribution in [-0.4, -0.2) is 22.6 Å². The Kier molecular flexibility index (Phi) is 5.05. The summed E-state index contributed by atoms with van der Waals surface area (Å²) in [5, 5.41) is 14.7. The molecule has 1 unspecified atom stereocenters. The van der Waals surface area contributed by atoms with Gasteiger partial charge in [0.25, 0.3) is 0 Å². The van der Waals surface area contributed by atoms with Crippen LogP contribution < -0.4 is 10.6 Å². The molecule has 0 radical (unpaired) electrons. The van der Waals surface area contributed by atoms with Gasteiger partial charge in [-0.05, 0) is 25.1 Å². The number of oxazole rings is 1. The highest BCUT2D eigenvalue weighted by Crippen LogP contribution is 2.26. The lowest BCUT2D eigenvalue weighted by molar-refractivity contribution is -0.118. The third kappa shape index (κ3) is 4.56. The molecule has 1 aromatic heterocycles. The molecular weight excluding hydrogens is 294 g/mol. The van der Waals surface area contributed by atoms with E-state index < -0.39 is 12.5 Å². The van der Waals surface area contributed by atoms with Gasteiger partial charge in [0.1, 0.15) is 18.4 Å². The summed E-state index contributed by atoms with van der Waals surface area (Å²) in [4.78, 5) is 15.6. The van der Waals surface area contributed by atoms with Crippen molar-refractivity contribution in [2.24, 2.45) is 0 Å². The molecule has 124 valence electrons. The topological polar surface area (TPSA) is 87.4 Å². The number of aliphatic hydroxyl groups excluding tert-OH is 1. The Morgan fingerprint density at radius 2 is 2.04 bits per heavy atom. The second kappa shape index (κ2) is 6.83. The van der Waals surface area contributed by atoms with E-state index in [4.69, 9.17) is 9.52 Å². The van der Waals surface area contributed by atoms with Gasteiger partial charge in [-0.25, -0.2) is 4.98 Å². The van der Waals surface area contributed by atoms with Crippen molar-refractivity contribution in [2.45, 2.75) is 39.2 Å². The van der Waals surface area contributed by atoms with Crippen molar-refractivity contribution in [3.63, 3.8) is 0 Å². The number of benzene rings is 1. The molecule has 1 heterocycles. The number of rotatable bonds is 5. The molecule has 0 aliphatic carbocycles. The zero-order valence-corrected chi connectivity index (χ0v) is 13.9. The summed E-state index contributed by atoms with van der Waals surface area (Å²) in [5.41, 5.74) is 1.35. The third-order valence-electron chi connectivity index (χ3n) is 3.31. The highest BCUT2D eigenvalue weighted by Gasteiger charge is 2.21. The van der Waals surface area contributed by atoms with Gasteiger partial charge in [-0.1, -0.05) is 26.8 Å². The summed E-state index contributed by atoms with van der Waals surface area (Å²) >= 11 is 0. The first-order valence-electron chi connectivity index (χ1n) is 7.53. The first-order chi connectivity index (χ1) is 10.8. The zero-order chi connectivity index (χ0) is 17.0. The quantitative estimate of drug-likeness (QED) is 0.789. The van der Waals surface area contributed by atoms with E-state index in [0.717, 1.165) is 11.4 Å². The third-order valence-corrected chi connectivity index (χ3v) is 3.31. The minimum atomic E-state index is -0.542. The molecule has 0 spiro atoms. The fraction of sp³-hybridized carbons (Fsp3) is 0.412. The highest BCUT2D eigenvalue weighted by atomic mass is 16.4. The lowest BCUT2D eigenvalue weighted by Crippen LogP contribution is -2.15. The molecule has 0 bridgehead atoms. The molecule has 0 fully saturated rings. The Balaban J connectivity index is 2.08. The van der Waals surface area contributed by atoms with Crippen molar-refractivity contribution in [3.8, 4) is 0 Å². The van der Waals surface area contributed by atoms with Crippen LogP contribution in [-0.2, 0) is 10.2 Å². The van der Waals surface area contributed by atoms with Crippen molar-refractivity contribution in [3.05, 3.63) is 42.1 Å². The molecule has 3 N–H and O–H groups in total. The van der Waals surface area contributed by atoms with Crippen molar-refractivity contribution in [2.75, 3.05) is 17.2 Å². The standard InChI is InChI=1S/C17H23N3O3/c1-11(16-18-9-14(23-16)17(2,3)4)19-12-6-5-7-13(8-12)20-15(22)10-21/h5-9,11,19,21H,10H2,1-4H3,(H,20,22). The maximum Gasteiger partial charge on any atom is 0.250 e. The van der Waals surface area contributed by atoms with Gasteiger partial charge in [-0.15, -0.1) is 0 Å². The molecule has 1 atom stereocenters. The number of amides is 1. The number of aliphatic hydroxyl groups is 1. The number of carbonyl (C=O) groups excluding carboxylic acids is 1. The molecule has 6 nitrogen and oxygen atoms in total. The highest BCUT2D eigenvalue weighted by molar-refractivity contribution is 5.91. The van der Waals surface area contributed by atoms with E-state index in [2.05, 4.69) is 36.4 Å². The SMILES string of the molecule is CC(Nc1cccc(NC(=O)CO)c1)c1ncc(C(C)(C)C)o1. The lowest BCUT2D eigenvalue weighted by atomic mass is 9.94. The van der Waals surface area contributed by atoms with Crippen LogP contribution in [0.15, 0.2) is 34.9 Å². The minimum absolute atomic E-state index is 0.0839. The average molecular weight is 317 g/mol. The Morgan fingerprint density at radius 1 is 1.35 bits per heavy atom. The molecule has 23 heavy (non-hydrogen) atoms. The van der Waals surface area contributed by atoms with E-state index in [1.54, 1.807) is 18.3 Å². The Morgan fingerprint density at radius 3 is 2.65 bits per heavy atom. The van der Waals surface area contributed by atoms with Gasteiger partial charge in [-0.2, -0.15) is 0 Å². The molecule has 1 aromatic carbocycles. The largest absolute Gasteiger partial charge is 0.443 e. The van der Waals surface area contributed by atoms with Crippen LogP contribution in [0.25, 0.3) is 0 Å². The summed E-state index contributed by atoms with van der Waals surface area (Å²) in [6.45, 7) is 7.63. The maximum atomic E-state index is 11.2. The average Bonchev–Trinajstić information content (AvgIpc) is 2.97. The van der Waals surface area contributed by atoms with E-state index in [1.807, 2.05) is 19.1 Å². The fourth-order valence-electron chi connectivity index (χ4n) is 2.03. The molecule has 0 saturated carbocycles. The summed E-state index contributed by atoms with van der Waals surface area (Å²) in [6, 6.07) is 7.13. The molecular formula is C17H23N3O3. The van der Waals surface area contributed by atoms with Crippen molar-refractivity contribution < 1.29 is 14.3 Å². The van der Waals surface area contributed by atoms with Crippen LogP contribution in [0.2, 0.25) is 0 Å². The van der Waals surface area contributed by atoms with E-state index in [-0.39, 0.29) is 11.5 Å². The van der Waals surface area contributed by atoms with Gasteiger partial charge >= 0.3 is 0 Å². The Labute approximate surface area is 135 Å². The van der Waals surface area contributed by atoms with Crippen LogP contribution in [0.3, 0.4) is 0 Å². The second-order valence-corrected chi connectivity index (χ2v) is 6.47. The van der Waals surface area contributed by atoms with Crippen LogP contribution in [0, 0.1) is 0 Å². The molecule has 1 amide bonds. The predicted molar refractivity (Wildman–Crippen MR) is 89.4 cm³/mol. The second-order valence-electron chi connectivity index (χ2n) is 6.47. The fourth-order valence-corrected chi connectivity index (χ4v) is 2.03. The number of carbonyl (C=O) groups is 1. The van der Waals surface area contributed by atoms with E-state index in [1.165, 1.54) is 0 Å². The molecule has 0 saturated heterocycles. The molecule has 0 aliphatic rings. The van der Waals surface area contributed by atoms with E-state index >= 15 is 0 Å². The van der Waals surface area contributed by atoms with Crippen molar-refractivity contribution in [1.29, 1.82) is 0 Å². The number of hydrogen-bond acceptors (Lipinski definition) is 5. The number of nitrogens with zero attached hydrogens (tertiary/aromatic N) is 1. The number of aromatic nitrogens is 1. The van der Waals surface area contributed by atoms with Gasteiger partial charge < -0.3 is 20.2 Å². The van der Waals surface area contributed by atoms with Crippen molar-refractivity contribution >= 4 is 17.3 Å². The number of hydrogen-bond donors (Lipinski definition) is 3. The van der Waals surface area contributed by atoms with E-state index in [0.29, 0.717) is 11.6 Å². The van der Waals surface area contributed by atoms with Crippen LogP contribution in [0.5, 0.6) is 0 Å². The molecule has 2 aromatic rings. The monoisotopic (exact) mass is 317 g/mol. The zero-order valence-electron chi connectivity index (χ0n) is 13.9. The minimum Gasteiger partial charge on any atom is -0.443 e. The van der Waals surface area contributed by atoms with E-state index in [9.17, 15) is 4.79 Å². The molecule has 2 rings (SSSR count). The van der Waals surface area contributed by atoms with Gasteiger partial charge in [-0.3, -0.25) is 4.79 Å². The van der Waals surface area contributed by atoms with Gasteiger partial charge in [0.05, 0.1) is 6.20 Å². The lowest BCUT2D eigenvalue weighted by Gasteiger charge is -2.15. The van der Waals surface area contributed by atoms with Gasteiger partial charge in [0, 0.05) is 16.8 Å². The van der Waals surface area contributed by atoms with Crippen LogP contribution in [0.1, 0.15) is 45.4 Å². The summed E-state index contributed by atoms with van der Waals surface area (Å²) < 4.78 is 5.82. The maximum absolute atomic E-state index is 11.2. The summed E-state index contributed by atoms with van der Waals surface area (Å²) in [6.07, 6.45) is 1.76. The summed E-state index contributed by atoms with van der Waals surface area (Å²) in [5.74, 6) is 1.00. The number of nitrogens with one attached hydrogen (secondary N) is 2. The van der Waals surface area contributed by atoms with Crippen LogP contribution >= 0.6 is 0 Å². The number of anilines is 2. The normalized spacial score (nSPS) is 12.7. The Bertz CT molecular complexity index is 674. The smallest absolute Gasteiger partial charge is 0.250 e. The van der Waals surface area contributed by atoms with Gasteiger partial charge in [0.15, 0.2) is 0 Å². The Hall–Kier alpha value is -2.34. The summed E-state index contributed by atoms with van der Waals surface area (Å²) in [7, 11) is 0. The van der Waals surface area contributed by atoms with Crippen molar-refractivity contribution in [1.82, 2.24) is 4.98 Å². The first kappa shape index (κ1) is 17.0. The predicted octanol–water partition coefficient (Wildman–Crippen LogP) is 3.08. The van der Waals surface area contributed by atoms with Gasteiger partial charge in [0.2, 0.25) is 11.8 Å². The first-order valence-corrected chi connectivity index (χ1v) is 7.53. The molecule has 0 aliphatic heterocycles. The van der Waals surface area contributed by atoms with Crippen LogP contribution in [0.4, 0.5) is 11.4 Å². The molecule has 6 heteroatoms.